The Kier molecular flexibility index (Phi) is 8.59. The van der Waals surface area contributed by atoms with Crippen LogP contribution in [0.15, 0.2) is 85.1 Å². The highest BCUT2D eigenvalue weighted by Gasteiger charge is 2.27. The number of hydrogen-bond acceptors (Lipinski definition) is 7. The normalized spacial score (nSPS) is 12.6. The maximum atomic E-state index is 13.5. The lowest BCUT2D eigenvalue weighted by atomic mass is 9.98. The summed E-state index contributed by atoms with van der Waals surface area (Å²) in [5, 5.41) is 5.55. The fourth-order valence-electron chi connectivity index (χ4n) is 5.83. The van der Waals surface area contributed by atoms with Gasteiger partial charge in [0.1, 0.15) is 17.1 Å². The largest absolute Gasteiger partial charge is 0.497 e. The second kappa shape index (κ2) is 13.1. The number of allylic oxidation sites excluding steroid dienone is 2. The molecule has 0 radical (unpaired) electrons. The summed E-state index contributed by atoms with van der Waals surface area (Å²) in [4.78, 5) is 32.3. The number of ether oxygens (including phenoxy) is 3. The number of benzene rings is 3. The lowest BCUT2D eigenvalue weighted by molar-refractivity contribution is -0.107. The molecule has 0 spiro atoms. The fourth-order valence-corrected chi connectivity index (χ4v) is 5.83. The van der Waals surface area contributed by atoms with E-state index in [4.69, 9.17) is 24.3 Å². The molecule has 0 saturated carbocycles. The molecule has 1 amide bonds. The Morgan fingerprint density at radius 1 is 0.933 bits per heavy atom. The molecular formula is C36H34N4O5. The van der Waals surface area contributed by atoms with Crippen molar-refractivity contribution < 1.29 is 23.8 Å². The summed E-state index contributed by atoms with van der Waals surface area (Å²) in [6.45, 7) is 0.788. The summed E-state index contributed by atoms with van der Waals surface area (Å²) >= 11 is 0. The average molecular weight is 603 g/mol. The van der Waals surface area contributed by atoms with Crippen molar-refractivity contribution in [1.29, 1.82) is 0 Å². The molecule has 228 valence electrons. The van der Waals surface area contributed by atoms with E-state index in [1.807, 2.05) is 77.5 Å². The molecule has 3 aromatic carbocycles. The van der Waals surface area contributed by atoms with Gasteiger partial charge >= 0.3 is 5.97 Å². The van der Waals surface area contributed by atoms with Crippen molar-refractivity contribution in [3.05, 3.63) is 107 Å². The number of carbonyl (C=O) groups is 2. The molecule has 0 unspecified atom stereocenters. The number of para-hydroxylation sites is 2. The number of anilines is 1. The van der Waals surface area contributed by atoms with Crippen LogP contribution in [0.25, 0.3) is 27.7 Å². The number of fused-ring (bicyclic) bond motifs is 1. The van der Waals surface area contributed by atoms with Crippen LogP contribution in [0, 0.1) is 0 Å². The van der Waals surface area contributed by atoms with E-state index in [0.717, 1.165) is 64.8 Å². The Morgan fingerprint density at radius 3 is 2.36 bits per heavy atom. The topological polar surface area (TPSA) is 95.8 Å². The quantitative estimate of drug-likeness (QED) is 0.123. The average Bonchev–Trinajstić information content (AvgIpc) is 3.78. The molecule has 9 heteroatoms. The molecule has 0 saturated heterocycles. The molecule has 6 rings (SSSR count). The molecule has 1 aliphatic carbocycles. The number of hydrogen-bond donors (Lipinski definition) is 0. The summed E-state index contributed by atoms with van der Waals surface area (Å²) in [6.07, 6.45) is 7.76. The standard InChI is InChI=1S/C36H34N4O5/c1-43-28-18-14-25(15-19-28)22-40-35-29(20-37-40)33(26-8-4-5-9-26)38-34(32(35)36(42)45-3)27-16-12-24(13-17-27)21-39(23-41)30-10-6-7-11-31(30)44-2/h6-8,10-20,23H,4-5,9,21-22H2,1-3H3. The molecule has 0 atom stereocenters. The third kappa shape index (κ3) is 5.89. The maximum Gasteiger partial charge on any atom is 0.342 e. The van der Waals surface area contributed by atoms with Crippen LogP contribution >= 0.6 is 0 Å². The molecule has 2 heterocycles. The molecule has 0 bridgehead atoms. The SMILES string of the molecule is COC(=O)c1c(-c2ccc(CN(C=O)c3ccccc3OC)cc2)nc(C2=CCCC2)c2cnn(Cc3ccc(OC)cc3)c12. The van der Waals surface area contributed by atoms with E-state index < -0.39 is 5.97 Å². The predicted molar refractivity (Wildman–Crippen MR) is 173 cm³/mol. The van der Waals surface area contributed by atoms with Crippen LogP contribution in [0.4, 0.5) is 5.69 Å². The van der Waals surface area contributed by atoms with Crippen molar-refractivity contribution >= 4 is 34.5 Å². The molecule has 1 aliphatic rings. The van der Waals surface area contributed by atoms with Gasteiger partial charge in [-0.25, -0.2) is 9.78 Å². The molecule has 2 aromatic heterocycles. The Hall–Kier alpha value is -5.44. The smallest absolute Gasteiger partial charge is 0.342 e. The number of nitrogens with zero attached hydrogens (tertiary/aromatic N) is 4. The van der Waals surface area contributed by atoms with Gasteiger partial charge in [0.15, 0.2) is 0 Å². The van der Waals surface area contributed by atoms with Crippen molar-refractivity contribution in [3.8, 4) is 22.8 Å². The van der Waals surface area contributed by atoms with E-state index in [1.165, 1.54) is 7.11 Å². The van der Waals surface area contributed by atoms with Gasteiger partial charge in [0, 0.05) is 10.9 Å². The van der Waals surface area contributed by atoms with Crippen LogP contribution in [0.1, 0.15) is 46.4 Å². The van der Waals surface area contributed by atoms with Crippen molar-refractivity contribution in [1.82, 2.24) is 14.8 Å². The second-order valence-electron chi connectivity index (χ2n) is 10.8. The molecule has 5 aromatic rings. The van der Waals surface area contributed by atoms with Crippen LogP contribution in [0.3, 0.4) is 0 Å². The van der Waals surface area contributed by atoms with Gasteiger partial charge in [0.25, 0.3) is 0 Å². The third-order valence-electron chi connectivity index (χ3n) is 8.12. The van der Waals surface area contributed by atoms with Gasteiger partial charge in [-0.05, 0) is 60.2 Å². The fraction of sp³-hybridized carbons (Fsp3) is 0.222. The Labute approximate surface area is 261 Å². The summed E-state index contributed by atoms with van der Waals surface area (Å²) in [5.41, 5.74) is 6.89. The van der Waals surface area contributed by atoms with Crippen LogP contribution in [0.2, 0.25) is 0 Å². The molecule has 0 fully saturated rings. The molecule has 0 N–H and O–H groups in total. The summed E-state index contributed by atoms with van der Waals surface area (Å²) < 4.78 is 18.0. The summed E-state index contributed by atoms with van der Waals surface area (Å²) in [6, 6.07) is 22.9. The number of pyridine rings is 1. The van der Waals surface area contributed by atoms with E-state index in [-0.39, 0.29) is 0 Å². The Bertz CT molecular complexity index is 1880. The van der Waals surface area contributed by atoms with Gasteiger partial charge in [0.05, 0.1) is 63.2 Å². The van der Waals surface area contributed by atoms with Crippen molar-refractivity contribution in [2.75, 3.05) is 26.2 Å². The zero-order chi connectivity index (χ0) is 31.3. The Morgan fingerprint density at radius 2 is 1.69 bits per heavy atom. The van der Waals surface area contributed by atoms with Gasteiger partial charge < -0.3 is 19.1 Å². The number of methoxy groups -OCH3 is 3. The zero-order valence-corrected chi connectivity index (χ0v) is 25.5. The van der Waals surface area contributed by atoms with Crippen molar-refractivity contribution in [3.63, 3.8) is 0 Å². The summed E-state index contributed by atoms with van der Waals surface area (Å²) in [7, 11) is 4.60. The van der Waals surface area contributed by atoms with Crippen molar-refractivity contribution in [2.45, 2.75) is 32.4 Å². The second-order valence-corrected chi connectivity index (χ2v) is 10.8. The van der Waals surface area contributed by atoms with Gasteiger partial charge in [0.2, 0.25) is 6.41 Å². The zero-order valence-electron chi connectivity index (χ0n) is 25.5. The van der Waals surface area contributed by atoms with Gasteiger partial charge in [-0.1, -0.05) is 54.6 Å². The minimum atomic E-state index is -0.488. The van der Waals surface area contributed by atoms with Crippen LogP contribution in [0.5, 0.6) is 11.5 Å². The Balaban J connectivity index is 1.44. The maximum absolute atomic E-state index is 13.5. The third-order valence-corrected chi connectivity index (χ3v) is 8.12. The highest BCUT2D eigenvalue weighted by molar-refractivity contribution is 6.10. The number of rotatable bonds is 11. The van der Waals surface area contributed by atoms with E-state index in [9.17, 15) is 9.59 Å². The number of aromatic nitrogens is 3. The van der Waals surface area contributed by atoms with E-state index in [1.54, 1.807) is 25.3 Å². The first kappa shape index (κ1) is 29.6. The highest BCUT2D eigenvalue weighted by atomic mass is 16.5. The minimum Gasteiger partial charge on any atom is -0.497 e. The number of carbonyl (C=O) groups excluding carboxylic acids is 2. The first-order valence-corrected chi connectivity index (χ1v) is 14.8. The molecule has 9 nitrogen and oxygen atoms in total. The summed E-state index contributed by atoms with van der Waals surface area (Å²) in [5.74, 6) is 0.892. The van der Waals surface area contributed by atoms with Gasteiger partial charge in [-0.2, -0.15) is 5.10 Å². The van der Waals surface area contributed by atoms with E-state index in [2.05, 4.69) is 6.08 Å². The van der Waals surface area contributed by atoms with Gasteiger partial charge in [-0.15, -0.1) is 0 Å². The highest BCUT2D eigenvalue weighted by Crippen LogP contribution is 2.38. The minimum absolute atomic E-state index is 0.341. The first-order valence-electron chi connectivity index (χ1n) is 14.8. The molecular weight excluding hydrogens is 568 g/mol. The number of amides is 1. The lowest BCUT2D eigenvalue weighted by Gasteiger charge is -2.20. The van der Waals surface area contributed by atoms with E-state index >= 15 is 0 Å². The number of esters is 1. The predicted octanol–water partition coefficient (Wildman–Crippen LogP) is 6.68. The monoisotopic (exact) mass is 602 g/mol. The molecule has 45 heavy (non-hydrogen) atoms. The van der Waals surface area contributed by atoms with Crippen molar-refractivity contribution in [2.24, 2.45) is 0 Å². The van der Waals surface area contributed by atoms with Crippen LogP contribution in [-0.2, 0) is 22.6 Å². The van der Waals surface area contributed by atoms with Crippen LogP contribution < -0.4 is 14.4 Å². The van der Waals surface area contributed by atoms with Crippen LogP contribution in [-0.4, -0.2) is 48.5 Å². The first-order chi connectivity index (χ1) is 22.0. The molecule has 0 aliphatic heterocycles. The van der Waals surface area contributed by atoms with E-state index in [0.29, 0.717) is 41.3 Å². The lowest BCUT2D eigenvalue weighted by Crippen LogP contribution is -2.20. The van der Waals surface area contributed by atoms with Gasteiger partial charge in [-0.3, -0.25) is 9.48 Å².